The molecule has 0 aromatic carbocycles. The van der Waals surface area contributed by atoms with Crippen molar-refractivity contribution in [2.45, 2.75) is 129 Å². The lowest BCUT2D eigenvalue weighted by atomic mass is 10.0. The van der Waals surface area contributed by atoms with Gasteiger partial charge in [-0.05, 0) is 19.8 Å². The molecular weight excluding hydrogens is 424 g/mol. The first-order valence-electron chi connectivity index (χ1n) is 13.3. The summed E-state index contributed by atoms with van der Waals surface area (Å²) < 4.78 is 4.63. The van der Waals surface area contributed by atoms with Crippen molar-refractivity contribution in [3.05, 3.63) is 0 Å². The van der Waals surface area contributed by atoms with E-state index in [1.165, 1.54) is 83.5 Å². The van der Waals surface area contributed by atoms with Crippen LogP contribution in [-0.4, -0.2) is 70.6 Å². The summed E-state index contributed by atoms with van der Waals surface area (Å²) in [7, 11) is 0. The fourth-order valence-electron chi connectivity index (χ4n) is 3.07. The Morgan fingerprint density at radius 2 is 1.03 bits per heavy atom. The van der Waals surface area contributed by atoms with Crippen LogP contribution >= 0.6 is 0 Å². The molecule has 0 fully saturated rings. The normalized spacial score (nSPS) is 11.2. The smallest absolute Gasteiger partial charge is 0.303 e. The maximum atomic E-state index is 10.3. The van der Waals surface area contributed by atoms with Crippen molar-refractivity contribution in [3.8, 4) is 0 Å². The number of aliphatic hydroxyl groups excluding tert-OH is 4. The minimum Gasteiger partial charge on any atom is -0.481 e. The fraction of sp³-hybridized carbons (Fsp3) is 0.962. The number of carbonyl (C=O) groups is 1. The number of aliphatic hydroxyl groups is 4. The van der Waals surface area contributed by atoms with Gasteiger partial charge in [0.15, 0.2) is 0 Å². The Bertz CT molecular complexity index is 335. The molecule has 0 aliphatic heterocycles. The number of carboxylic acids is 1. The van der Waals surface area contributed by atoms with E-state index in [-0.39, 0.29) is 25.9 Å². The summed E-state index contributed by atoms with van der Waals surface area (Å²) in [5, 5.41) is 41.2. The van der Waals surface area contributed by atoms with Crippen molar-refractivity contribution < 1.29 is 35.1 Å². The summed E-state index contributed by atoms with van der Waals surface area (Å²) in [6.07, 6.45) is 20.3. The first kappa shape index (κ1) is 36.8. The molecule has 0 rings (SSSR count). The summed E-state index contributed by atoms with van der Waals surface area (Å²) in [4.78, 5) is 10.3. The molecule has 7 nitrogen and oxygen atoms in total. The van der Waals surface area contributed by atoms with Gasteiger partial charge in [-0.25, -0.2) is 0 Å². The van der Waals surface area contributed by atoms with Gasteiger partial charge in [0.25, 0.3) is 0 Å². The molecule has 202 valence electrons. The summed E-state index contributed by atoms with van der Waals surface area (Å²) in [6.45, 7) is 4.70. The van der Waals surface area contributed by atoms with Crippen molar-refractivity contribution in [1.82, 2.24) is 0 Å². The first-order valence-corrected chi connectivity index (χ1v) is 13.3. The predicted octanol–water partition coefficient (Wildman–Crippen LogP) is 5.07. The Labute approximate surface area is 203 Å². The van der Waals surface area contributed by atoms with Gasteiger partial charge in [-0.3, -0.25) is 4.79 Å². The van der Waals surface area contributed by atoms with Crippen molar-refractivity contribution in [3.63, 3.8) is 0 Å². The SMILES string of the molecule is CC(O)CCO.CCCCCCCCCCCCCCCCCC(=O)O.OCCOCCO. The average molecular weight is 481 g/mol. The van der Waals surface area contributed by atoms with Gasteiger partial charge in [0.2, 0.25) is 0 Å². The average Bonchev–Trinajstić information content (AvgIpc) is 2.77. The van der Waals surface area contributed by atoms with Crippen molar-refractivity contribution in [2.24, 2.45) is 0 Å². The summed E-state index contributed by atoms with van der Waals surface area (Å²) >= 11 is 0. The van der Waals surface area contributed by atoms with Crippen LogP contribution in [0, 0.1) is 0 Å². The number of rotatable bonds is 22. The highest BCUT2D eigenvalue weighted by molar-refractivity contribution is 5.66. The van der Waals surface area contributed by atoms with Gasteiger partial charge in [-0.1, -0.05) is 96.8 Å². The molecule has 7 heteroatoms. The topological polar surface area (TPSA) is 127 Å². The third kappa shape index (κ3) is 49.5. The third-order valence-electron chi connectivity index (χ3n) is 5.01. The number of unbranched alkanes of at least 4 members (excludes halogenated alkanes) is 14. The van der Waals surface area contributed by atoms with Crippen LogP contribution < -0.4 is 0 Å². The van der Waals surface area contributed by atoms with Crippen LogP contribution in [0.25, 0.3) is 0 Å². The zero-order valence-electron chi connectivity index (χ0n) is 21.7. The van der Waals surface area contributed by atoms with Crippen LogP contribution in [0.15, 0.2) is 0 Å². The zero-order valence-corrected chi connectivity index (χ0v) is 21.7. The molecule has 0 heterocycles. The Morgan fingerprint density at radius 1 is 0.667 bits per heavy atom. The largest absolute Gasteiger partial charge is 0.481 e. The lowest BCUT2D eigenvalue weighted by molar-refractivity contribution is -0.137. The Morgan fingerprint density at radius 3 is 1.27 bits per heavy atom. The highest BCUT2D eigenvalue weighted by Crippen LogP contribution is 2.13. The van der Waals surface area contributed by atoms with Crippen molar-refractivity contribution >= 4 is 5.97 Å². The minimum atomic E-state index is -0.653. The second kappa shape index (κ2) is 35.9. The van der Waals surface area contributed by atoms with E-state index >= 15 is 0 Å². The fourth-order valence-corrected chi connectivity index (χ4v) is 3.07. The molecule has 1 atom stereocenters. The number of carboxylic acid groups (broad SMARTS) is 1. The molecule has 0 spiro atoms. The van der Waals surface area contributed by atoms with Crippen molar-refractivity contribution in [1.29, 1.82) is 0 Å². The van der Waals surface area contributed by atoms with E-state index in [4.69, 9.17) is 25.5 Å². The van der Waals surface area contributed by atoms with Gasteiger partial charge in [0.05, 0.1) is 32.5 Å². The molecule has 5 N–H and O–H groups in total. The quantitative estimate of drug-likeness (QED) is 0.137. The van der Waals surface area contributed by atoms with E-state index in [0.717, 1.165) is 12.8 Å². The predicted molar refractivity (Wildman–Crippen MR) is 136 cm³/mol. The van der Waals surface area contributed by atoms with Gasteiger partial charge in [0, 0.05) is 13.0 Å². The van der Waals surface area contributed by atoms with E-state index in [9.17, 15) is 4.79 Å². The summed E-state index contributed by atoms with van der Waals surface area (Å²) in [5.74, 6) is -0.653. The minimum absolute atomic E-state index is 0.0278. The summed E-state index contributed by atoms with van der Waals surface area (Å²) in [6, 6.07) is 0. The van der Waals surface area contributed by atoms with Gasteiger partial charge in [-0.2, -0.15) is 0 Å². The third-order valence-corrected chi connectivity index (χ3v) is 5.01. The second-order valence-corrected chi connectivity index (χ2v) is 8.51. The first-order chi connectivity index (χ1) is 16.0. The van der Waals surface area contributed by atoms with Gasteiger partial charge in [-0.15, -0.1) is 0 Å². The lowest BCUT2D eigenvalue weighted by Gasteiger charge is -2.03. The number of aliphatic carboxylic acids is 1. The molecule has 0 amide bonds. The van der Waals surface area contributed by atoms with Gasteiger partial charge < -0.3 is 30.3 Å². The van der Waals surface area contributed by atoms with E-state index < -0.39 is 5.97 Å². The van der Waals surface area contributed by atoms with Crippen LogP contribution in [0.1, 0.15) is 123 Å². The number of hydrogen-bond acceptors (Lipinski definition) is 6. The second-order valence-electron chi connectivity index (χ2n) is 8.51. The molecule has 0 radical (unpaired) electrons. The number of hydrogen-bond donors (Lipinski definition) is 5. The Balaban J connectivity index is -0.000000563. The van der Waals surface area contributed by atoms with Crippen LogP contribution in [0.2, 0.25) is 0 Å². The Hall–Kier alpha value is -0.730. The van der Waals surface area contributed by atoms with Gasteiger partial charge in [0.1, 0.15) is 0 Å². The van der Waals surface area contributed by atoms with E-state index in [1.807, 2.05) is 0 Å². The molecule has 0 aromatic rings. The lowest BCUT2D eigenvalue weighted by Crippen LogP contribution is -2.03. The standard InChI is InChI=1S/C18H36O2.C4H10O3.C4H10O2/c1-2-3-4-5-6-7-8-9-10-11-12-13-14-15-16-17-18(19)20;5-1-3-7-4-2-6;1-4(6)2-3-5/h2-17H2,1H3,(H,19,20);5-6H,1-4H2;4-6H,2-3H2,1H3. The molecule has 0 bridgehead atoms. The molecular formula is C26H56O7. The van der Waals surface area contributed by atoms with Gasteiger partial charge >= 0.3 is 5.97 Å². The molecule has 0 saturated heterocycles. The van der Waals surface area contributed by atoms with E-state index in [2.05, 4.69) is 11.7 Å². The molecule has 0 aromatic heterocycles. The van der Waals surface area contributed by atoms with Crippen LogP contribution in [-0.2, 0) is 9.53 Å². The monoisotopic (exact) mass is 480 g/mol. The molecule has 0 saturated carbocycles. The highest BCUT2D eigenvalue weighted by Gasteiger charge is 1.97. The molecule has 0 aliphatic carbocycles. The highest BCUT2D eigenvalue weighted by atomic mass is 16.5. The number of ether oxygens (including phenoxy) is 1. The molecule has 33 heavy (non-hydrogen) atoms. The Kier molecular flexibility index (Phi) is 40.0. The van der Waals surface area contributed by atoms with Crippen molar-refractivity contribution in [2.75, 3.05) is 33.0 Å². The van der Waals surface area contributed by atoms with Crippen LogP contribution in [0.3, 0.4) is 0 Å². The van der Waals surface area contributed by atoms with E-state index in [1.54, 1.807) is 6.92 Å². The summed E-state index contributed by atoms with van der Waals surface area (Å²) in [5.41, 5.74) is 0. The zero-order chi connectivity index (χ0) is 25.4. The molecule has 0 aliphatic rings. The maximum absolute atomic E-state index is 10.3. The molecule has 1 unspecified atom stereocenters. The van der Waals surface area contributed by atoms with E-state index in [0.29, 0.717) is 26.1 Å². The maximum Gasteiger partial charge on any atom is 0.303 e. The van der Waals surface area contributed by atoms with Crippen LogP contribution in [0.5, 0.6) is 0 Å². The van der Waals surface area contributed by atoms with Crippen LogP contribution in [0.4, 0.5) is 0 Å².